The highest BCUT2D eigenvalue weighted by Gasteiger charge is 2.16. The summed E-state index contributed by atoms with van der Waals surface area (Å²) >= 11 is 1.27. The molecule has 0 saturated heterocycles. The van der Waals surface area contributed by atoms with E-state index in [0.29, 0.717) is 18.1 Å². The fourth-order valence-corrected chi connectivity index (χ4v) is 2.60. The van der Waals surface area contributed by atoms with Crippen LogP contribution in [-0.4, -0.2) is 28.0 Å². The molecule has 0 fully saturated rings. The number of nitrogens with one attached hydrogen (secondary N) is 2. The lowest BCUT2D eigenvalue weighted by molar-refractivity contribution is -0.118. The zero-order valence-electron chi connectivity index (χ0n) is 14.0. The van der Waals surface area contributed by atoms with Gasteiger partial charge in [-0.25, -0.2) is 0 Å². The monoisotopic (exact) mass is 347 g/mol. The van der Waals surface area contributed by atoms with Crippen molar-refractivity contribution < 1.29 is 14.1 Å². The summed E-state index contributed by atoms with van der Waals surface area (Å²) in [4.78, 5) is 23.9. The molecule has 0 bridgehead atoms. The van der Waals surface area contributed by atoms with Crippen LogP contribution in [0.1, 0.15) is 23.8 Å². The van der Waals surface area contributed by atoms with Crippen molar-refractivity contribution in [3.63, 3.8) is 0 Å². The third-order valence-corrected chi connectivity index (χ3v) is 4.47. The number of rotatable bonds is 7. The maximum atomic E-state index is 12.0. The Labute approximate surface area is 145 Å². The Morgan fingerprint density at radius 3 is 2.58 bits per heavy atom. The second-order valence-electron chi connectivity index (χ2n) is 5.53. The highest BCUT2D eigenvalue weighted by Crippen LogP contribution is 2.14. The van der Waals surface area contributed by atoms with Gasteiger partial charge in [0, 0.05) is 12.6 Å². The average Bonchev–Trinajstić information content (AvgIpc) is 2.96. The number of hydrogen-bond acceptors (Lipinski definition) is 5. The van der Waals surface area contributed by atoms with Crippen molar-refractivity contribution in [3.8, 4) is 0 Å². The van der Waals surface area contributed by atoms with Gasteiger partial charge in [0.1, 0.15) is 5.76 Å². The van der Waals surface area contributed by atoms with Gasteiger partial charge < -0.3 is 15.2 Å². The molecule has 0 aliphatic heterocycles. The number of aromatic nitrogens is 1. The second-order valence-corrected chi connectivity index (χ2v) is 6.86. The Bertz CT molecular complexity index is 697. The molecule has 1 heterocycles. The maximum absolute atomic E-state index is 12.0. The van der Waals surface area contributed by atoms with Crippen LogP contribution in [0.4, 0.5) is 5.82 Å². The van der Waals surface area contributed by atoms with Gasteiger partial charge in [-0.2, -0.15) is 0 Å². The summed E-state index contributed by atoms with van der Waals surface area (Å²) in [7, 11) is 0. The van der Waals surface area contributed by atoms with E-state index in [1.807, 2.05) is 31.2 Å². The number of carbonyl (C=O) groups excluding carboxylic acids is 2. The van der Waals surface area contributed by atoms with E-state index in [0.717, 1.165) is 5.56 Å². The molecule has 0 radical (unpaired) electrons. The molecular formula is C17H21N3O3S. The molecule has 2 aromatic rings. The van der Waals surface area contributed by atoms with Gasteiger partial charge in [0.15, 0.2) is 5.82 Å². The fraction of sp³-hybridized carbons (Fsp3) is 0.353. The molecule has 2 rings (SSSR count). The largest absolute Gasteiger partial charge is 0.360 e. The normalized spacial score (nSPS) is 11.8. The van der Waals surface area contributed by atoms with Crippen molar-refractivity contribution >= 4 is 29.4 Å². The van der Waals surface area contributed by atoms with Crippen LogP contribution in [0, 0.1) is 13.8 Å². The second kappa shape index (κ2) is 8.54. The molecule has 0 aliphatic carbocycles. The van der Waals surface area contributed by atoms with Crippen molar-refractivity contribution in [1.29, 1.82) is 0 Å². The fourth-order valence-electron chi connectivity index (χ4n) is 1.89. The van der Waals surface area contributed by atoms with Gasteiger partial charge in [0.05, 0.1) is 11.0 Å². The summed E-state index contributed by atoms with van der Waals surface area (Å²) in [5.41, 5.74) is 2.23. The lowest BCUT2D eigenvalue weighted by Crippen LogP contribution is -2.28. The molecule has 1 atom stereocenters. The summed E-state index contributed by atoms with van der Waals surface area (Å²) in [5, 5.41) is 8.84. The summed E-state index contributed by atoms with van der Waals surface area (Å²) in [6.45, 7) is 6.00. The predicted molar refractivity (Wildman–Crippen MR) is 94.8 cm³/mol. The first-order chi connectivity index (χ1) is 11.4. The van der Waals surface area contributed by atoms with E-state index in [2.05, 4.69) is 15.8 Å². The Morgan fingerprint density at radius 1 is 1.25 bits per heavy atom. The number of carbonyl (C=O) groups is 2. The van der Waals surface area contributed by atoms with Crippen LogP contribution in [-0.2, 0) is 16.1 Å². The van der Waals surface area contributed by atoms with Crippen molar-refractivity contribution in [1.82, 2.24) is 10.5 Å². The molecule has 1 aromatic heterocycles. The molecule has 2 amide bonds. The quantitative estimate of drug-likeness (QED) is 0.804. The van der Waals surface area contributed by atoms with Crippen LogP contribution in [0.3, 0.4) is 0 Å². The third kappa shape index (κ3) is 5.73. The van der Waals surface area contributed by atoms with Crippen molar-refractivity contribution in [2.24, 2.45) is 0 Å². The Balaban J connectivity index is 1.70. The van der Waals surface area contributed by atoms with Gasteiger partial charge in [-0.05, 0) is 26.3 Å². The van der Waals surface area contributed by atoms with E-state index in [-0.39, 0.29) is 22.8 Å². The number of thioether (sulfide) groups is 1. The number of amides is 2. The molecule has 24 heavy (non-hydrogen) atoms. The van der Waals surface area contributed by atoms with Crippen LogP contribution >= 0.6 is 11.8 Å². The Morgan fingerprint density at radius 2 is 1.96 bits per heavy atom. The summed E-state index contributed by atoms with van der Waals surface area (Å²) < 4.78 is 4.89. The lowest BCUT2D eigenvalue weighted by atomic mass is 10.1. The van der Waals surface area contributed by atoms with E-state index in [1.165, 1.54) is 17.3 Å². The minimum atomic E-state index is -0.368. The van der Waals surface area contributed by atoms with E-state index in [9.17, 15) is 9.59 Å². The van der Waals surface area contributed by atoms with Gasteiger partial charge in [-0.1, -0.05) is 35.0 Å². The van der Waals surface area contributed by atoms with Crippen LogP contribution < -0.4 is 10.6 Å². The summed E-state index contributed by atoms with van der Waals surface area (Å²) in [6, 6.07) is 9.63. The molecular weight excluding hydrogens is 326 g/mol. The van der Waals surface area contributed by atoms with Crippen LogP contribution in [0.2, 0.25) is 0 Å². The summed E-state index contributed by atoms with van der Waals surface area (Å²) in [6.07, 6.45) is 0. The average molecular weight is 347 g/mol. The molecule has 0 spiro atoms. The molecule has 0 aliphatic rings. The summed E-state index contributed by atoms with van der Waals surface area (Å²) in [5.74, 6) is 0.921. The number of nitrogens with zero attached hydrogens (tertiary/aromatic N) is 1. The standard InChI is InChI=1S/C17H21N3O3S/c1-11-4-6-14(7-5-11)9-18-16(21)10-24-13(3)17(22)19-15-8-12(2)23-20-15/h4-8,13H,9-10H2,1-3H3,(H,18,21)(H,19,20,22)/t13-/m0/s1. The number of benzene rings is 1. The van der Waals surface area contributed by atoms with E-state index in [1.54, 1.807) is 19.9 Å². The smallest absolute Gasteiger partial charge is 0.238 e. The molecule has 6 nitrogen and oxygen atoms in total. The lowest BCUT2D eigenvalue weighted by Gasteiger charge is -2.10. The zero-order valence-corrected chi connectivity index (χ0v) is 14.8. The first-order valence-electron chi connectivity index (χ1n) is 7.62. The molecule has 0 saturated carbocycles. The zero-order chi connectivity index (χ0) is 17.5. The number of aryl methyl sites for hydroxylation is 2. The first kappa shape index (κ1) is 18.1. The maximum Gasteiger partial charge on any atom is 0.238 e. The predicted octanol–water partition coefficient (Wildman–Crippen LogP) is 2.67. The minimum Gasteiger partial charge on any atom is -0.360 e. The Hall–Kier alpha value is -2.28. The molecule has 2 N–H and O–H groups in total. The number of anilines is 1. The van der Waals surface area contributed by atoms with E-state index >= 15 is 0 Å². The molecule has 1 aromatic carbocycles. The topological polar surface area (TPSA) is 84.2 Å². The van der Waals surface area contributed by atoms with Crippen molar-refractivity contribution in [2.45, 2.75) is 32.6 Å². The SMILES string of the molecule is Cc1ccc(CNC(=O)CS[C@@H](C)C(=O)Nc2cc(C)on2)cc1. The van der Waals surface area contributed by atoms with Crippen LogP contribution in [0.25, 0.3) is 0 Å². The van der Waals surface area contributed by atoms with Gasteiger partial charge >= 0.3 is 0 Å². The highest BCUT2D eigenvalue weighted by atomic mass is 32.2. The van der Waals surface area contributed by atoms with Crippen LogP contribution in [0.15, 0.2) is 34.9 Å². The minimum absolute atomic E-state index is 0.0995. The first-order valence-corrected chi connectivity index (χ1v) is 8.67. The van der Waals surface area contributed by atoms with Gasteiger partial charge in [-0.15, -0.1) is 11.8 Å². The van der Waals surface area contributed by atoms with E-state index < -0.39 is 0 Å². The van der Waals surface area contributed by atoms with Gasteiger partial charge in [0.2, 0.25) is 11.8 Å². The van der Waals surface area contributed by atoms with E-state index in [4.69, 9.17) is 4.52 Å². The molecule has 0 unspecified atom stereocenters. The van der Waals surface area contributed by atoms with Crippen molar-refractivity contribution in [3.05, 3.63) is 47.2 Å². The molecule has 7 heteroatoms. The highest BCUT2D eigenvalue weighted by molar-refractivity contribution is 8.01. The van der Waals surface area contributed by atoms with Gasteiger partial charge in [0.25, 0.3) is 0 Å². The third-order valence-electron chi connectivity index (χ3n) is 3.32. The van der Waals surface area contributed by atoms with Crippen LogP contribution in [0.5, 0.6) is 0 Å². The Kier molecular flexibility index (Phi) is 6.43. The molecule has 128 valence electrons. The van der Waals surface area contributed by atoms with Gasteiger partial charge in [-0.3, -0.25) is 9.59 Å². The number of hydrogen-bond donors (Lipinski definition) is 2. The van der Waals surface area contributed by atoms with Crippen molar-refractivity contribution in [2.75, 3.05) is 11.1 Å².